The Morgan fingerprint density at radius 3 is 2.74 bits per heavy atom. The van der Waals surface area contributed by atoms with Gasteiger partial charge in [-0.15, -0.1) is 24.5 Å². The van der Waals surface area contributed by atoms with Crippen LogP contribution in [0, 0.1) is 0 Å². The SMILES string of the molecule is C=CCOCC(O)CN(CC=C)CC(=O)N1CCc2sccc2C1COc1ccc(OC)cc1. The highest BCUT2D eigenvalue weighted by Gasteiger charge is 2.33. The molecule has 1 aromatic heterocycles. The van der Waals surface area contributed by atoms with Crippen molar-refractivity contribution >= 4 is 17.2 Å². The molecule has 3 rings (SSSR count). The maximum Gasteiger partial charge on any atom is 0.237 e. The van der Waals surface area contributed by atoms with Crippen molar-refractivity contribution in [2.45, 2.75) is 18.6 Å². The third-order valence-corrected chi connectivity index (χ3v) is 6.64. The van der Waals surface area contributed by atoms with Crippen LogP contribution in [0.2, 0.25) is 0 Å². The highest BCUT2D eigenvalue weighted by atomic mass is 32.1. The van der Waals surface area contributed by atoms with E-state index >= 15 is 0 Å². The van der Waals surface area contributed by atoms with E-state index in [1.807, 2.05) is 34.1 Å². The van der Waals surface area contributed by atoms with Crippen LogP contribution in [-0.2, 0) is 16.0 Å². The highest BCUT2D eigenvalue weighted by Crippen LogP contribution is 2.34. The summed E-state index contributed by atoms with van der Waals surface area (Å²) in [6.07, 6.45) is 3.51. The number of hydrogen-bond acceptors (Lipinski definition) is 7. The van der Waals surface area contributed by atoms with Gasteiger partial charge in [-0.05, 0) is 47.7 Å². The number of carbonyl (C=O) groups is 1. The van der Waals surface area contributed by atoms with E-state index in [9.17, 15) is 9.90 Å². The number of carbonyl (C=O) groups excluding carboxylic acids is 1. The van der Waals surface area contributed by atoms with Crippen LogP contribution < -0.4 is 9.47 Å². The summed E-state index contributed by atoms with van der Waals surface area (Å²) in [5, 5.41) is 12.4. The molecule has 8 heteroatoms. The zero-order chi connectivity index (χ0) is 24.3. The number of nitrogens with zero attached hydrogens (tertiary/aromatic N) is 2. The molecule has 0 fully saturated rings. The third kappa shape index (κ3) is 7.17. The molecule has 2 unspecified atom stereocenters. The van der Waals surface area contributed by atoms with Gasteiger partial charge in [0.15, 0.2) is 0 Å². The molecule has 1 amide bonds. The first-order valence-electron chi connectivity index (χ1n) is 11.4. The minimum absolute atomic E-state index is 0.00115. The van der Waals surface area contributed by atoms with Gasteiger partial charge in [0.05, 0.1) is 39.0 Å². The lowest BCUT2D eigenvalue weighted by Crippen LogP contribution is -2.48. The van der Waals surface area contributed by atoms with Gasteiger partial charge in [0.25, 0.3) is 0 Å². The molecule has 2 heterocycles. The van der Waals surface area contributed by atoms with E-state index in [-0.39, 0.29) is 25.1 Å². The lowest BCUT2D eigenvalue weighted by molar-refractivity contribution is -0.136. The molecule has 0 spiro atoms. The summed E-state index contributed by atoms with van der Waals surface area (Å²) in [6, 6.07) is 9.35. The molecule has 1 aliphatic heterocycles. The Kier molecular flexibility index (Phi) is 10.2. The second-order valence-electron chi connectivity index (χ2n) is 8.10. The van der Waals surface area contributed by atoms with Crippen LogP contribution in [0.15, 0.2) is 61.0 Å². The Hall–Kier alpha value is -2.65. The van der Waals surface area contributed by atoms with Gasteiger partial charge in [0.2, 0.25) is 5.91 Å². The van der Waals surface area contributed by atoms with Crippen molar-refractivity contribution in [3.63, 3.8) is 0 Å². The molecule has 0 bridgehead atoms. The molecule has 2 aromatic rings. The molecule has 184 valence electrons. The Balaban J connectivity index is 1.67. The lowest BCUT2D eigenvalue weighted by atomic mass is 10.0. The van der Waals surface area contributed by atoms with Crippen LogP contribution in [0.5, 0.6) is 11.5 Å². The zero-order valence-electron chi connectivity index (χ0n) is 19.7. The van der Waals surface area contributed by atoms with Crippen LogP contribution in [-0.4, -0.2) is 80.0 Å². The Labute approximate surface area is 205 Å². The zero-order valence-corrected chi connectivity index (χ0v) is 20.5. The fourth-order valence-corrected chi connectivity index (χ4v) is 4.96. The quantitative estimate of drug-likeness (QED) is 0.326. The first-order valence-corrected chi connectivity index (χ1v) is 12.3. The second kappa shape index (κ2) is 13.3. The van der Waals surface area contributed by atoms with E-state index in [1.54, 1.807) is 30.6 Å². The van der Waals surface area contributed by atoms with Crippen LogP contribution in [0.1, 0.15) is 16.5 Å². The Morgan fingerprint density at radius 1 is 1.26 bits per heavy atom. The van der Waals surface area contributed by atoms with Crippen LogP contribution >= 0.6 is 11.3 Å². The largest absolute Gasteiger partial charge is 0.497 e. The number of rotatable bonds is 14. The van der Waals surface area contributed by atoms with E-state index in [0.29, 0.717) is 32.8 Å². The number of thiophene rings is 1. The van der Waals surface area contributed by atoms with E-state index in [0.717, 1.165) is 23.5 Å². The predicted octanol–water partition coefficient (Wildman–Crippen LogP) is 3.31. The number of aliphatic hydroxyl groups excluding tert-OH is 1. The van der Waals surface area contributed by atoms with Gasteiger partial charge in [-0.3, -0.25) is 9.69 Å². The third-order valence-electron chi connectivity index (χ3n) is 5.64. The van der Waals surface area contributed by atoms with Gasteiger partial charge in [-0.25, -0.2) is 0 Å². The van der Waals surface area contributed by atoms with Crippen molar-refractivity contribution in [2.24, 2.45) is 0 Å². The topological polar surface area (TPSA) is 71.5 Å². The average molecular weight is 487 g/mol. The molecule has 1 aromatic carbocycles. The number of ether oxygens (including phenoxy) is 3. The summed E-state index contributed by atoms with van der Waals surface area (Å²) in [5.74, 6) is 1.49. The monoisotopic (exact) mass is 486 g/mol. The minimum Gasteiger partial charge on any atom is -0.497 e. The first kappa shape index (κ1) is 26.0. The fourth-order valence-electron chi connectivity index (χ4n) is 4.03. The molecule has 0 saturated carbocycles. The first-order chi connectivity index (χ1) is 16.5. The molecule has 7 nitrogen and oxygen atoms in total. The second-order valence-corrected chi connectivity index (χ2v) is 9.10. The predicted molar refractivity (Wildman–Crippen MR) is 135 cm³/mol. The van der Waals surface area contributed by atoms with Crippen molar-refractivity contribution in [1.29, 1.82) is 0 Å². The average Bonchev–Trinajstić information content (AvgIpc) is 3.32. The van der Waals surface area contributed by atoms with Crippen LogP contribution in [0.25, 0.3) is 0 Å². The van der Waals surface area contributed by atoms with Gasteiger partial charge in [-0.1, -0.05) is 12.2 Å². The van der Waals surface area contributed by atoms with E-state index < -0.39 is 6.10 Å². The number of fused-ring (bicyclic) bond motifs is 1. The normalized spacial score (nSPS) is 16.1. The van der Waals surface area contributed by atoms with Crippen molar-refractivity contribution in [2.75, 3.05) is 53.1 Å². The summed E-state index contributed by atoms with van der Waals surface area (Å²) in [6.45, 7) is 9.96. The smallest absolute Gasteiger partial charge is 0.237 e. The molecular formula is C26H34N2O5S. The molecule has 2 atom stereocenters. The van der Waals surface area contributed by atoms with E-state index in [2.05, 4.69) is 24.6 Å². The number of aliphatic hydroxyl groups is 1. The standard InChI is InChI=1S/C26H34N2O5S/c1-4-12-27(16-20(29)18-32-14-5-2)17-26(30)28-13-10-25-23(11-15-34-25)24(28)19-33-22-8-6-21(31-3)7-9-22/h4-9,11,15,20,24,29H,1-2,10,12-14,16-19H2,3H3. The number of amides is 1. The van der Waals surface area contributed by atoms with Gasteiger partial charge < -0.3 is 24.2 Å². The van der Waals surface area contributed by atoms with Crippen molar-refractivity contribution in [1.82, 2.24) is 9.80 Å². The van der Waals surface area contributed by atoms with Crippen molar-refractivity contribution < 1.29 is 24.1 Å². The van der Waals surface area contributed by atoms with Gasteiger partial charge in [0, 0.05) is 24.5 Å². The van der Waals surface area contributed by atoms with Crippen molar-refractivity contribution in [3.05, 3.63) is 71.5 Å². The molecular weight excluding hydrogens is 452 g/mol. The molecule has 1 aliphatic rings. The summed E-state index contributed by atoms with van der Waals surface area (Å²) >= 11 is 1.72. The fraction of sp³-hybridized carbons (Fsp3) is 0.423. The van der Waals surface area contributed by atoms with Gasteiger partial charge >= 0.3 is 0 Å². The van der Waals surface area contributed by atoms with Gasteiger partial charge in [-0.2, -0.15) is 0 Å². The molecule has 1 N–H and O–H groups in total. The summed E-state index contributed by atoms with van der Waals surface area (Å²) < 4.78 is 16.6. The maximum absolute atomic E-state index is 13.4. The molecule has 34 heavy (non-hydrogen) atoms. The Bertz CT molecular complexity index is 930. The summed E-state index contributed by atoms with van der Waals surface area (Å²) in [4.78, 5) is 18.5. The maximum atomic E-state index is 13.4. The number of methoxy groups -OCH3 is 1. The minimum atomic E-state index is -0.702. The summed E-state index contributed by atoms with van der Waals surface area (Å²) in [5.41, 5.74) is 1.14. The number of benzene rings is 1. The van der Waals surface area contributed by atoms with E-state index in [4.69, 9.17) is 14.2 Å². The van der Waals surface area contributed by atoms with E-state index in [1.165, 1.54) is 4.88 Å². The van der Waals surface area contributed by atoms with Crippen LogP contribution in [0.4, 0.5) is 0 Å². The van der Waals surface area contributed by atoms with Crippen molar-refractivity contribution in [3.8, 4) is 11.5 Å². The molecule has 0 radical (unpaired) electrons. The van der Waals surface area contributed by atoms with Crippen LogP contribution in [0.3, 0.4) is 0 Å². The highest BCUT2D eigenvalue weighted by molar-refractivity contribution is 7.10. The van der Waals surface area contributed by atoms with Gasteiger partial charge in [0.1, 0.15) is 18.1 Å². The summed E-state index contributed by atoms with van der Waals surface area (Å²) in [7, 11) is 1.63. The lowest BCUT2D eigenvalue weighted by Gasteiger charge is -2.37. The Morgan fingerprint density at radius 2 is 2.03 bits per heavy atom. The number of hydrogen-bond donors (Lipinski definition) is 1. The molecule has 0 aliphatic carbocycles. The molecule has 0 saturated heterocycles.